The van der Waals surface area contributed by atoms with E-state index in [4.69, 9.17) is 22.0 Å². The predicted octanol–water partition coefficient (Wildman–Crippen LogP) is 0.575. The molecule has 0 fully saturated rings. The molecule has 0 heterocycles. The highest BCUT2D eigenvalue weighted by atomic mass is 35.5. The maximum Gasteiger partial charge on any atom is 0.318 e. The number of aliphatic carboxylic acids is 1. The van der Waals surface area contributed by atoms with Crippen LogP contribution in [0.15, 0.2) is 23.1 Å². The number of halogens is 1. The molecule has 90 valence electrons. The van der Waals surface area contributed by atoms with Gasteiger partial charge >= 0.3 is 5.97 Å². The van der Waals surface area contributed by atoms with Crippen LogP contribution in [-0.4, -0.2) is 26.0 Å². The van der Waals surface area contributed by atoms with Crippen molar-refractivity contribution in [2.24, 2.45) is 0 Å². The number of nitrogens with zero attached hydrogens (tertiary/aromatic N) is 1. The molecule has 0 atom stereocenters. The third-order valence-corrected chi connectivity index (χ3v) is 3.65. The number of nitrogens with one attached hydrogen (secondary N) is 1. The molecule has 0 radical (unpaired) electrons. The number of benzene rings is 1. The highest BCUT2D eigenvalue weighted by Gasteiger charge is 2.18. The zero-order valence-electron chi connectivity index (χ0n) is 8.34. The maximum atomic E-state index is 11.6. The number of carboxylic acids is 1. The van der Waals surface area contributed by atoms with Crippen molar-refractivity contribution in [2.45, 2.75) is 4.90 Å². The topological polar surface area (TPSA) is 107 Å². The summed E-state index contributed by atoms with van der Waals surface area (Å²) >= 11 is 5.69. The number of rotatable bonds is 4. The molecule has 1 aromatic carbocycles. The van der Waals surface area contributed by atoms with Crippen LogP contribution in [0.4, 0.5) is 0 Å². The van der Waals surface area contributed by atoms with Crippen LogP contribution in [0.1, 0.15) is 5.56 Å². The molecule has 0 spiro atoms. The second kappa shape index (κ2) is 5.14. The van der Waals surface area contributed by atoms with Gasteiger partial charge in [-0.05, 0) is 18.2 Å². The minimum Gasteiger partial charge on any atom is -0.480 e. The lowest BCUT2D eigenvalue weighted by Crippen LogP contribution is -2.29. The van der Waals surface area contributed by atoms with E-state index in [0.29, 0.717) is 0 Å². The Morgan fingerprint density at radius 3 is 2.65 bits per heavy atom. The van der Waals surface area contributed by atoms with Gasteiger partial charge in [-0.15, -0.1) is 0 Å². The van der Waals surface area contributed by atoms with E-state index in [1.807, 2.05) is 4.72 Å². The molecule has 1 aromatic rings. The predicted molar refractivity (Wildman–Crippen MR) is 59.0 cm³/mol. The Balaban J connectivity index is 3.08. The Labute approximate surface area is 102 Å². The number of carbonyl (C=O) groups is 1. The SMILES string of the molecule is N#Cc1ccc(S(=O)(=O)NCC(=O)O)c(Cl)c1. The number of nitriles is 1. The Bertz CT molecular complexity index is 592. The van der Waals surface area contributed by atoms with Gasteiger partial charge in [-0.25, -0.2) is 8.42 Å². The summed E-state index contributed by atoms with van der Waals surface area (Å²) in [6, 6.07) is 5.42. The van der Waals surface area contributed by atoms with Crippen molar-refractivity contribution in [3.05, 3.63) is 28.8 Å². The summed E-state index contributed by atoms with van der Waals surface area (Å²) in [6.45, 7) is -0.737. The van der Waals surface area contributed by atoms with Gasteiger partial charge in [0.2, 0.25) is 10.0 Å². The van der Waals surface area contributed by atoms with Crippen LogP contribution >= 0.6 is 11.6 Å². The summed E-state index contributed by atoms with van der Waals surface area (Å²) in [4.78, 5) is 10.00. The second-order valence-electron chi connectivity index (χ2n) is 2.98. The van der Waals surface area contributed by atoms with E-state index >= 15 is 0 Å². The number of carboxylic acid groups (broad SMARTS) is 1. The Hall–Kier alpha value is -1.62. The van der Waals surface area contributed by atoms with Crippen molar-refractivity contribution >= 4 is 27.6 Å². The maximum absolute atomic E-state index is 11.6. The second-order valence-corrected chi connectivity index (χ2v) is 5.12. The molecule has 0 aromatic heterocycles. The molecule has 0 bridgehead atoms. The molecule has 6 nitrogen and oxygen atoms in total. The fourth-order valence-electron chi connectivity index (χ4n) is 1.02. The van der Waals surface area contributed by atoms with Crippen molar-refractivity contribution in [3.8, 4) is 6.07 Å². The first-order chi connectivity index (χ1) is 7.86. The van der Waals surface area contributed by atoms with Gasteiger partial charge in [0.05, 0.1) is 16.7 Å². The Morgan fingerprint density at radius 1 is 1.53 bits per heavy atom. The minimum absolute atomic E-state index is 0.137. The van der Waals surface area contributed by atoms with E-state index in [9.17, 15) is 13.2 Å². The van der Waals surface area contributed by atoms with Crippen molar-refractivity contribution in [1.29, 1.82) is 5.26 Å². The third kappa shape index (κ3) is 3.42. The van der Waals surface area contributed by atoms with Crippen LogP contribution in [0.3, 0.4) is 0 Å². The van der Waals surface area contributed by atoms with Gasteiger partial charge in [0.1, 0.15) is 11.4 Å². The van der Waals surface area contributed by atoms with E-state index < -0.39 is 22.5 Å². The van der Waals surface area contributed by atoms with E-state index in [2.05, 4.69) is 0 Å². The first-order valence-corrected chi connectivity index (χ1v) is 6.14. The fraction of sp³-hybridized carbons (Fsp3) is 0.111. The van der Waals surface area contributed by atoms with Gasteiger partial charge in [0, 0.05) is 0 Å². The van der Waals surface area contributed by atoms with Crippen LogP contribution in [-0.2, 0) is 14.8 Å². The monoisotopic (exact) mass is 274 g/mol. The molecule has 0 aliphatic rings. The lowest BCUT2D eigenvalue weighted by Gasteiger charge is -2.06. The van der Waals surface area contributed by atoms with E-state index in [0.717, 1.165) is 6.07 Å². The summed E-state index contributed by atoms with van der Waals surface area (Å²) < 4.78 is 25.1. The molecule has 0 unspecified atom stereocenters. The van der Waals surface area contributed by atoms with Gasteiger partial charge in [0.15, 0.2) is 0 Å². The smallest absolute Gasteiger partial charge is 0.318 e. The van der Waals surface area contributed by atoms with Crippen LogP contribution in [0.25, 0.3) is 0 Å². The number of sulfonamides is 1. The van der Waals surface area contributed by atoms with Crippen LogP contribution in [0.5, 0.6) is 0 Å². The van der Waals surface area contributed by atoms with Crippen LogP contribution in [0, 0.1) is 11.3 Å². The van der Waals surface area contributed by atoms with Crippen LogP contribution < -0.4 is 4.72 Å². The summed E-state index contributed by atoms with van der Waals surface area (Å²) in [7, 11) is -3.98. The Kier molecular flexibility index (Phi) is 4.07. The van der Waals surface area contributed by atoms with Crippen molar-refractivity contribution in [3.63, 3.8) is 0 Å². The molecule has 0 aliphatic carbocycles. The van der Waals surface area contributed by atoms with Gasteiger partial charge in [-0.2, -0.15) is 9.98 Å². The third-order valence-electron chi connectivity index (χ3n) is 1.76. The van der Waals surface area contributed by atoms with E-state index in [1.165, 1.54) is 12.1 Å². The molecule has 1 rings (SSSR count). The lowest BCUT2D eigenvalue weighted by molar-refractivity contribution is -0.135. The average molecular weight is 275 g/mol. The molecular weight excluding hydrogens is 268 g/mol. The summed E-state index contributed by atoms with van der Waals surface area (Å²) in [6.07, 6.45) is 0. The molecule has 0 saturated carbocycles. The summed E-state index contributed by atoms with van der Waals surface area (Å²) in [5.41, 5.74) is 0.215. The van der Waals surface area contributed by atoms with Gasteiger partial charge in [-0.3, -0.25) is 4.79 Å². The largest absolute Gasteiger partial charge is 0.480 e. The Morgan fingerprint density at radius 2 is 2.18 bits per heavy atom. The van der Waals surface area contributed by atoms with Crippen molar-refractivity contribution in [2.75, 3.05) is 6.54 Å². The zero-order valence-corrected chi connectivity index (χ0v) is 9.92. The quantitative estimate of drug-likeness (QED) is 0.835. The molecule has 0 aliphatic heterocycles. The molecule has 17 heavy (non-hydrogen) atoms. The van der Waals surface area contributed by atoms with Crippen molar-refractivity contribution < 1.29 is 18.3 Å². The van der Waals surface area contributed by atoms with Gasteiger partial charge < -0.3 is 5.11 Å². The average Bonchev–Trinajstić information content (AvgIpc) is 2.26. The lowest BCUT2D eigenvalue weighted by atomic mass is 10.2. The van der Waals surface area contributed by atoms with E-state index in [-0.39, 0.29) is 15.5 Å². The highest BCUT2D eigenvalue weighted by molar-refractivity contribution is 7.89. The standard InChI is InChI=1S/C9H7ClN2O4S/c10-7-3-6(4-11)1-2-8(7)17(15,16)12-5-9(13)14/h1-3,12H,5H2,(H,13,14). The fourth-order valence-corrected chi connectivity index (χ4v) is 2.54. The summed E-state index contributed by atoms with van der Waals surface area (Å²) in [5.74, 6) is -1.31. The molecule has 0 saturated heterocycles. The highest BCUT2D eigenvalue weighted by Crippen LogP contribution is 2.22. The first-order valence-electron chi connectivity index (χ1n) is 4.28. The summed E-state index contributed by atoms with van der Waals surface area (Å²) in [5, 5.41) is 16.8. The van der Waals surface area contributed by atoms with Crippen molar-refractivity contribution in [1.82, 2.24) is 4.72 Å². The zero-order chi connectivity index (χ0) is 13.1. The molecular formula is C9H7ClN2O4S. The molecule has 2 N–H and O–H groups in total. The van der Waals surface area contributed by atoms with Gasteiger partial charge in [0.25, 0.3) is 0 Å². The van der Waals surface area contributed by atoms with Crippen LogP contribution in [0.2, 0.25) is 5.02 Å². The minimum atomic E-state index is -3.98. The number of hydrogen-bond acceptors (Lipinski definition) is 4. The normalized spacial score (nSPS) is 10.8. The van der Waals surface area contributed by atoms with Gasteiger partial charge in [-0.1, -0.05) is 11.6 Å². The first kappa shape index (κ1) is 13.4. The molecule has 0 amide bonds. The van der Waals surface area contributed by atoms with E-state index in [1.54, 1.807) is 6.07 Å². The number of hydrogen-bond donors (Lipinski definition) is 2. The molecule has 8 heteroatoms.